The number of aryl methyl sites for hydroxylation is 5. The van der Waals surface area contributed by atoms with Crippen LogP contribution in [0.4, 0.5) is 11.4 Å². The van der Waals surface area contributed by atoms with Crippen LogP contribution in [0, 0.1) is 20.8 Å². The Morgan fingerprint density at radius 2 is 1.70 bits per heavy atom. The minimum absolute atomic E-state index is 0.118. The van der Waals surface area contributed by atoms with Gasteiger partial charge in [0.05, 0.1) is 5.69 Å². The van der Waals surface area contributed by atoms with E-state index >= 15 is 0 Å². The van der Waals surface area contributed by atoms with E-state index in [4.69, 9.17) is 0 Å². The van der Waals surface area contributed by atoms with Gasteiger partial charge >= 0.3 is 0 Å². The monoisotopic (exact) mass is 406 g/mol. The number of aromatic hydroxyl groups is 1. The predicted octanol–water partition coefficient (Wildman–Crippen LogP) is 5.81. The molecule has 0 aliphatic rings. The van der Waals surface area contributed by atoms with Crippen LogP contribution in [0.5, 0.6) is 5.75 Å². The summed E-state index contributed by atoms with van der Waals surface area (Å²) in [6, 6.07) is 11.8. The zero-order valence-electron chi connectivity index (χ0n) is 18.2. The van der Waals surface area contributed by atoms with E-state index in [9.17, 15) is 9.90 Å². The number of aromatic nitrogens is 2. The fourth-order valence-corrected chi connectivity index (χ4v) is 3.65. The summed E-state index contributed by atoms with van der Waals surface area (Å²) in [6.45, 7) is 8.74. The normalized spacial score (nSPS) is 11.5. The molecule has 158 valence electrons. The summed E-state index contributed by atoms with van der Waals surface area (Å²) < 4.78 is 1.56. The first-order chi connectivity index (χ1) is 14.4. The van der Waals surface area contributed by atoms with Gasteiger partial charge in [0.2, 0.25) is 0 Å². The molecule has 30 heavy (non-hydrogen) atoms. The minimum atomic E-state index is -0.185. The molecule has 1 heterocycles. The topological polar surface area (TPSA) is 82.7 Å². The predicted molar refractivity (Wildman–Crippen MR) is 120 cm³/mol. The molecule has 0 aliphatic heterocycles. The Morgan fingerprint density at radius 1 is 1.00 bits per heavy atom. The third-order valence-electron chi connectivity index (χ3n) is 5.49. The number of hydrogen-bond acceptors (Lipinski definition) is 4. The first-order valence-corrected chi connectivity index (χ1v) is 10.5. The highest BCUT2D eigenvalue weighted by atomic mass is 16.3. The summed E-state index contributed by atoms with van der Waals surface area (Å²) in [5.74, 6) is 0.118. The van der Waals surface area contributed by atoms with E-state index in [1.165, 1.54) is 16.7 Å². The maximum absolute atomic E-state index is 12.5. The summed E-state index contributed by atoms with van der Waals surface area (Å²) in [5, 5.41) is 22.1. The highest BCUT2D eigenvalue weighted by Gasteiger charge is 2.12. The van der Waals surface area contributed by atoms with Crippen molar-refractivity contribution in [3.8, 4) is 5.75 Å². The van der Waals surface area contributed by atoms with E-state index in [1.54, 1.807) is 17.7 Å². The molecular weight excluding hydrogens is 376 g/mol. The molecule has 2 aromatic carbocycles. The summed E-state index contributed by atoms with van der Waals surface area (Å²) in [4.78, 5) is 12.5. The van der Waals surface area contributed by atoms with Crippen molar-refractivity contribution in [3.63, 3.8) is 0 Å². The van der Waals surface area contributed by atoms with E-state index in [0.29, 0.717) is 24.3 Å². The van der Waals surface area contributed by atoms with Crippen LogP contribution in [-0.2, 0) is 19.4 Å². The molecule has 0 aliphatic carbocycles. The van der Waals surface area contributed by atoms with Crippen LogP contribution in [-0.4, -0.2) is 14.9 Å². The number of H-pyrrole nitrogens is 1. The van der Waals surface area contributed by atoms with E-state index in [0.717, 1.165) is 24.8 Å². The van der Waals surface area contributed by atoms with Crippen molar-refractivity contribution in [2.24, 2.45) is 10.2 Å². The maximum Gasteiger partial charge on any atom is 0.294 e. The average Bonchev–Trinajstić information content (AvgIpc) is 2.99. The van der Waals surface area contributed by atoms with Crippen LogP contribution in [0.2, 0.25) is 0 Å². The molecule has 0 spiro atoms. The largest absolute Gasteiger partial charge is 0.505 e. The second kappa shape index (κ2) is 9.57. The van der Waals surface area contributed by atoms with Gasteiger partial charge in [0.15, 0.2) is 5.69 Å². The molecule has 6 nitrogen and oxygen atoms in total. The molecule has 2 N–H and O–H groups in total. The van der Waals surface area contributed by atoms with Gasteiger partial charge in [-0.3, -0.25) is 14.6 Å². The van der Waals surface area contributed by atoms with Crippen LogP contribution < -0.4 is 5.56 Å². The number of unbranched alkanes of at least 4 members (excludes halogenated alkanes) is 1. The Hall–Kier alpha value is -3.15. The van der Waals surface area contributed by atoms with Gasteiger partial charge in [0.1, 0.15) is 11.4 Å². The van der Waals surface area contributed by atoms with Gasteiger partial charge in [-0.25, -0.2) is 0 Å². The SMILES string of the molecule is CCCCn1[nH]c(C)c(N=Nc2cccc(CCc3c(C)cccc3C)c2O)c1=O. The lowest BCUT2D eigenvalue weighted by Gasteiger charge is -2.11. The average molecular weight is 407 g/mol. The lowest BCUT2D eigenvalue weighted by molar-refractivity contribution is 0.469. The molecule has 0 atom stereocenters. The maximum atomic E-state index is 12.5. The van der Waals surface area contributed by atoms with E-state index in [2.05, 4.69) is 54.3 Å². The lowest BCUT2D eigenvalue weighted by atomic mass is 9.96. The van der Waals surface area contributed by atoms with E-state index < -0.39 is 0 Å². The smallest absolute Gasteiger partial charge is 0.294 e. The second-order valence-corrected chi connectivity index (χ2v) is 7.75. The molecule has 0 radical (unpaired) electrons. The molecular formula is C24H30N4O2. The number of aromatic amines is 1. The van der Waals surface area contributed by atoms with Gasteiger partial charge in [-0.2, -0.15) is 0 Å². The quantitative estimate of drug-likeness (QED) is 0.463. The summed E-state index contributed by atoms with van der Waals surface area (Å²) in [6.07, 6.45) is 3.46. The Labute approximate surface area is 177 Å². The molecule has 1 aromatic heterocycles. The van der Waals surface area contributed by atoms with Crippen LogP contribution in [0.25, 0.3) is 0 Å². The molecule has 0 unspecified atom stereocenters. The van der Waals surface area contributed by atoms with Crippen molar-refractivity contribution in [1.82, 2.24) is 9.78 Å². The fraction of sp³-hybridized carbons (Fsp3) is 0.375. The summed E-state index contributed by atoms with van der Waals surface area (Å²) >= 11 is 0. The number of benzene rings is 2. The molecule has 0 amide bonds. The summed E-state index contributed by atoms with van der Waals surface area (Å²) in [5.41, 5.74) is 5.78. The molecule has 0 saturated carbocycles. The van der Waals surface area contributed by atoms with Crippen LogP contribution >= 0.6 is 0 Å². The number of phenolic OH excluding ortho intramolecular Hbond substituents is 1. The number of nitrogens with one attached hydrogen (secondary N) is 1. The molecule has 6 heteroatoms. The first-order valence-electron chi connectivity index (χ1n) is 10.5. The van der Waals surface area contributed by atoms with Crippen molar-refractivity contribution < 1.29 is 5.11 Å². The van der Waals surface area contributed by atoms with E-state index in [1.807, 2.05) is 12.1 Å². The minimum Gasteiger partial charge on any atom is -0.505 e. The Bertz CT molecular complexity index is 1090. The Balaban J connectivity index is 1.80. The Kier molecular flexibility index (Phi) is 6.87. The molecule has 0 fully saturated rings. The van der Waals surface area contributed by atoms with Gasteiger partial charge in [0, 0.05) is 6.54 Å². The molecule has 0 saturated heterocycles. The third kappa shape index (κ3) is 4.70. The molecule has 3 aromatic rings. The third-order valence-corrected chi connectivity index (χ3v) is 5.49. The van der Waals surface area contributed by atoms with Gasteiger partial charge in [-0.1, -0.05) is 43.7 Å². The van der Waals surface area contributed by atoms with Crippen LogP contribution in [0.1, 0.15) is 47.7 Å². The number of phenols is 1. The van der Waals surface area contributed by atoms with Gasteiger partial charge in [0.25, 0.3) is 5.56 Å². The number of rotatable bonds is 8. The van der Waals surface area contributed by atoms with Gasteiger partial charge in [-0.15, -0.1) is 10.2 Å². The van der Waals surface area contributed by atoms with Crippen molar-refractivity contribution >= 4 is 11.4 Å². The fourth-order valence-electron chi connectivity index (χ4n) is 3.65. The van der Waals surface area contributed by atoms with Crippen LogP contribution in [0.3, 0.4) is 0 Å². The van der Waals surface area contributed by atoms with Gasteiger partial charge in [-0.05, 0) is 68.4 Å². The number of azo groups is 1. The van der Waals surface area contributed by atoms with Crippen molar-refractivity contribution in [1.29, 1.82) is 0 Å². The van der Waals surface area contributed by atoms with Crippen LogP contribution in [0.15, 0.2) is 51.4 Å². The second-order valence-electron chi connectivity index (χ2n) is 7.75. The molecule has 0 bridgehead atoms. The van der Waals surface area contributed by atoms with Crippen molar-refractivity contribution in [2.45, 2.75) is 59.9 Å². The van der Waals surface area contributed by atoms with Crippen molar-refractivity contribution in [2.75, 3.05) is 0 Å². The highest BCUT2D eigenvalue weighted by Crippen LogP contribution is 2.32. The number of hydrogen-bond donors (Lipinski definition) is 2. The van der Waals surface area contributed by atoms with Crippen molar-refractivity contribution in [3.05, 3.63) is 74.7 Å². The van der Waals surface area contributed by atoms with E-state index in [-0.39, 0.29) is 17.0 Å². The first kappa shape index (κ1) is 21.6. The summed E-state index contributed by atoms with van der Waals surface area (Å²) in [7, 11) is 0. The number of nitrogens with zero attached hydrogens (tertiary/aromatic N) is 3. The standard InChI is InChI=1S/C24H30N4O2/c1-5-6-15-28-24(30)22(18(4)27-28)26-25-21-12-8-11-19(23(21)29)13-14-20-16(2)9-7-10-17(20)3/h7-12,27,29H,5-6,13-15H2,1-4H3. The highest BCUT2D eigenvalue weighted by molar-refractivity contribution is 5.55. The number of para-hydroxylation sites is 1. The Morgan fingerprint density at radius 3 is 2.40 bits per heavy atom. The molecule has 3 rings (SSSR count). The lowest BCUT2D eigenvalue weighted by Crippen LogP contribution is -2.16. The zero-order valence-corrected chi connectivity index (χ0v) is 18.2. The van der Waals surface area contributed by atoms with Gasteiger partial charge < -0.3 is 5.11 Å². The zero-order chi connectivity index (χ0) is 21.7.